The Labute approximate surface area is 112 Å². The smallest absolute Gasteiger partial charge is 0.129 e. The van der Waals surface area contributed by atoms with Crippen LogP contribution in [0, 0.1) is 0 Å². The van der Waals surface area contributed by atoms with E-state index >= 15 is 0 Å². The fraction of sp³-hybridized carbons (Fsp3) is 0.615. The molecule has 0 spiro atoms. The van der Waals surface area contributed by atoms with Gasteiger partial charge in [-0.2, -0.15) is 0 Å². The number of nitrogens with zero attached hydrogens (tertiary/aromatic N) is 3. The average Bonchev–Trinajstić information content (AvgIpc) is 2.80. The van der Waals surface area contributed by atoms with Crippen molar-refractivity contribution in [1.82, 2.24) is 9.88 Å². The van der Waals surface area contributed by atoms with Crippen molar-refractivity contribution in [1.29, 1.82) is 0 Å². The molecule has 1 fully saturated rings. The third-order valence-electron chi connectivity index (χ3n) is 3.52. The Hall–Kier alpha value is -0.610. The van der Waals surface area contributed by atoms with Gasteiger partial charge < -0.3 is 4.90 Å². The molecule has 0 N–H and O–H groups in total. The van der Waals surface area contributed by atoms with E-state index in [2.05, 4.69) is 56.7 Å². The van der Waals surface area contributed by atoms with Crippen molar-refractivity contribution in [3.63, 3.8) is 0 Å². The van der Waals surface area contributed by atoms with Gasteiger partial charge in [0.2, 0.25) is 0 Å². The number of anilines is 1. The Morgan fingerprint density at radius 1 is 1.41 bits per heavy atom. The average molecular weight is 298 g/mol. The predicted molar refractivity (Wildman–Crippen MR) is 75.5 cm³/mol. The summed E-state index contributed by atoms with van der Waals surface area (Å²) in [6, 6.07) is 6.80. The van der Waals surface area contributed by atoms with Crippen LogP contribution in [0.2, 0.25) is 0 Å². The Balaban J connectivity index is 2.02. The molecule has 0 radical (unpaired) electrons. The number of hydrogen-bond acceptors (Lipinski definition) is 3. The third kappa shape index (κ3) is 2.99. The lowest BCUT2D eigenvalue weighted by Crippen LogP contribution is -2.37. The van der Waals surface area contributed by atoms with Gasteiger partial charge in [0.05, 0.1) is 0 Å². The Morgan fingerprint density at radius 2 is 2.18 bits per heavy atom. The maximum absolute atomic E-state index is 4.52. The van der Waals surface area contributed by atoms with Crippen molar-refractivity contribution in [2.24, 2.45) is 0 Å². The van der Waals surface area contributed by atoms with Gasteiger partial charge in [-0.3, -0.25) is 4.90 Å². The van der Waals surface area contributed by atoms with Crippen LogP contribution in [-0.2, 0) is 0 Å². The zero-order chi connectivity index (χ0) is 12.3. The van der Waals surface area contributed by atoms with E-state index < -0.39 is 0 Å². The van der Waals surface area contributed by atoms with Crippen LogP contribution in [0.5, 0.6) is 0 Å². The fourth-order valence-electron chi connectivity index (χ4n) is 2.56. The molecule has 1 unspecified atom stereocenters. The van der Waals surface area contributed by atoms with Gasteiger partial charge in [0.1, 0.15) is 10.4 Å². The van der Waals surface area contributed by atoms with Crippen LogP contribution in [0.1, 0.15) is 20.3 Å². The van der Waals surface area contributed by atoms with Gasteiger partial charge in [-0.25, -0.2) is 4.98 Å². The highest BCUT2D eigenvalue weighted by molar-refractivity contribution is 9.10. The van der Waals surface area contributed by atoms with Crippen molar-refractivity contribution >= 4 is 21.7 Å². The van der Waals surface area contributed by atoms with Crippen LogP contribution in [0.15, 0.2) is 22.8 Å². The zero-order valence-electron chi connectivity index (χ0n) is 10.6. The standard InChI is InChI=1S/C13H20BrN3/c1-3-16(4-2)11-8-9-17(10-11)13-7-5-6-12(14)15-13/h5-7,11H,3-4,8-10H2,1-2H3. The Kier molecular flexibility index (Phi) is 4.40. The summed E-state index contributed by atoms with van der Waals surface area (Å²) in [4.78, 5) is 9.45. The molecule has 0 aromatic carbocycles. The summed E-state index contributed by atoms with van der Waals surface area (Å²) >= 11 is 3.43. The molecule has 1 aromatic rings. The lowest BCUT2D eigenvalue weighted by Gasteiger charge is -2.26. The lowest BCUT2D eigenvalue weighted by atomic mass is 10.2. The molecule has 0 bridgehead atoms. The largest absolute Gasteiger partial charge is 0.355 e. The highest BCUT2D eigenvalue weighted by Crippen LogP contribution is 2.22. The molecule has 0 saturated carbocycles. The molecule has 3 nitrogen and oxygen atoms in total. The molecule has 1 aliphatic rings. The molecule has 1 aliphatic heterocycles. The topological polar surface area (TPSA) is 19.4 Å². The van der Waals surface area contributed by atoms with Crippen LogP contribution >= 0.6 is 15.9 Å². The molecule has 17 heavy (non-hydrogen) atoms. The monoisotopic (exact) mass is 297 g/mol. The van der Waals surface area contributed by atoms with Gasteiger partial charge in [0, 0.05) is 19.1 Å². The molecular formula is C13H20BrN3. The molecule has 1 atom stereocenters. The summed E-state index contributed by atoms with van der Waals surface area (Å²) in [6.45, 7) is 8.98. The lowest BCUT2D eigenvalue weighted by molar-refractivity contribution is 0.232. The predicted octanol–water partition coefficient (Wildman–Crippen LogP) is 2.76. The van der Waals surface area contributed by atoms with Crippen molar-refractivity contribution < 1.29 is 0 Å². The summed E-state index contributed by atoms with van der Waals surface area (Å²) in [7, 11) is 0. The molecule has 0 aliphatic carbocycles. The maximum atomic E-state index is 4.52. The quantitative estimate of drug-likeness (QED) is 0.797. The van der Waals surface area contributed by atoms with Gasteiger partial charge in [0.25, 0.3) is 0 Å². The van der Waals surface area contributed by atoms with E-state index in [0.717, 1.165) is 36.6 Å². The van der Waals surface area contributed by atoms with Crippen LogP contribution < -0.4 is 4.90 Å². The Morgan fingerprint density at radius 3 is 2.82 bits per heavy atom. The van der Waals surface area contributed by atoms with Crippen LogP contribution in [0.4, 0.5) is 5.82 Å². The van der Waals surface area contributed by atoms with Crippen LogP contribution in [0.25, 0.3) is 0 Å². The van der Waals surface area contributed by atoms with Crippen molar-refractivity contribution in [3.05, 3.63) is 22.8 Å². The molecule has 2 rings (SSSR count). The summed E-state index contributed by atoms with van der Waals surface area (Å²) in [5.41, 5.74) is 0. The highest BCUT2D eigenvalue weighted by atomic mass is 79.9. The van der Waals surface area contributed by atoms with Crippen molar-refractivity contribution in [2.45, 2.75) is 26.3 Å². The minimum atomic E-state index is 0.686. The number of halogens is 1. The Bertz CT molecular complexity index is 365. The fourth-order valence-corrected chi connectivity index (χ4v) is 2.90. The summed E-state index contributed by atoms with van der Waals surface area (Å²) in [5.74, 6) is 1.09. The summed E-state index contributed by atoms with van der Waals surface area (Å²) in [5, 5.41) is 0. The van der Waals surface area contributed by atoms with Crippen molar-refractivity contribution in [2.75, 3.05) is 31.1 Å². The highest BCUT2D eigenvalue weighted by Gasteiger charge is 2.26. The minimum absolute atomic E-state index is 0.686. The summed E-state index contributed by atoms with van der Waals surface area (Å²) in [6.07, 6.45) is 1.25. The van der Waals surface area contributed by atoms with Gasteiger partial charge >= 0.3 is 0 Å². The molecular weight excluding hydrogens is 278 g/mol. The third-order valence-corrected chi connectivity index (χ3v) is 3.96. The SMILES string of the molecule is CCN(CC)C1CCN(c2cccc(Br)n2)C1. The molecule has 1 aromatic heterocycles. The second-order valence-corrected chi connectivity index (χ2v) is 5.24. The van der Waals surface area contributed by atoms with Gasteiger partial charge in [0.15, 0.2) is 0 Å². The summed E-state index contributed by atoms with van der Waals surface area (Å²) < 4.78 is 0.918. The van der Waals surface area contributed by atoms with Gasteiger partial charge in [-0.1, -0.05) is 19.9 Å². The molecule has 1 saturated heterocycles. The van der Waals surface area contributed by atoms with Gasteiger partial charge in [-0.15, -0.1) is 0 Å². The van der Waals surface area contributed by atoms with Crippen LogP contribution in [0.3, 0.4) is 0 Å². The van der Waals surface area contributed by atoms with E-state index in [0.29, 0.717) is 6.04 Å². The second-order valence-electron chi connectivity index (χ2n) is 4.43. The normalized spacial score (nSPS) is 20.2. The molecule has 94 valence electrons. The zero-order valence-corrected chi connectivity index (χ0v) is 12.2. The van der Waals surface area contributed by atoms with E-state index in [-0.39, 0.29) is 0 Å². The van der Waals surface area contributed by atoms with E-state index in [1.165, 1.54) is 6.42 Å². The first-order valence-electron chi connectivity index (χ1n) is 6.36. The number of likely N-dealkylation sites (N-methyl/N-ethyl adjacent to an activating group) is 1. The number of hydrogen-bond donors (Lipinski definition) is 0. The first-order valence-corrected chi connectivity index (χ1v) is 7.15. The number of pyridine rings is 1. The van der Waals surface area contributed by atoms with E-state index in [1.807, 2.05) is 6.07 Å². The molecule has 2 heterocycles. The molecule has 4 heteroatoms. The van der Waals surface area contributed by atoms with E-state index in [1.54, 1.807) is 0 Å². The first kappa shape index (κ1) is 12.8. The van der Waals surface area contributed by atoms with E-state index in [9.17, 15) is 0 Å². The van der Waals surface area contributed by atoms with Crippen molar-refractivity contribution in [3.8, 4) is 0 Å². The minimum Gasteiger partial charge on any atom is -0.355 e. The second kappa shape index (κ2) is 5.83. The maximum Gasteiger partial charge on any atom is 0.129 e. The number of rotatable bonds is 4. The molecule has 0 amide bonds. The van der Waals surface area contributed by atoms with Crippen LogP contribution in [-0.4, -0.2) is 42.1 Å². The van der Waals surface area contributed by atoms with E-state index in [4.69, 9.17) is 0 Å². The first-order chi connectivity index (χ1) is 8.24. The van der Waals surface area contributed by atoms with Gasteiger partial charge in [-0.05, 0) is 47.6 Å². The number of aromatic nitrogens is 1.